The van der Waals surface area contributed by atoms with E-state index in [1.807, 2.05) is 19.9 Å². The van der Waals surface area contributed by atoms with Crippen molar-refractivity contribution in [3.63, 3.8) is 0 Å². The number of carbonyl (C=O) groups is 1. The molecule has 3 atom stereocenters. The first-order valence-electron chi connectivity index (χ1n) is 8.46. The van der Waals surface area contributed by atoms with Crippen molar-refractivity contribution in [2.24, 2.45) is 11.3 Å². The number of fused-ring (bicyclic) bond motifs is 2. The number of nitrogens with one attached hydrogen (secondary N) is 1. The van der Waals surface area contributed by atoms with Gasteiger partial charge < -0.3 is 10.1 Å². The number of nitriles is 2. The number of nitrogens with zero attached hydrogens (tertiary/aromatic N) is 2. The van der Waals surface area contributed by atoms with Crippen LogP contribution in [-0.2, 0) is 9.53 Å². The summed E-state index contributed by atoms with van der Waals surface area (Å²) in [6.45, 7) is 5.34. The van der Waals surface area contributed by atoms with Gasteiger partial charge in [-0.05, 0) is 32.3 Å². The van der Waals surface area contributed by atoms with E-state index < -0.39 is 11.4 Å². The van der Waals surface area contributed by atoms with Gasteiger partial charge in [0.15, 0.2) is 12.0 Å². The topological polar surface area (TPSA) is 85.9 Å². The third-order valence-corrected chi connectivity index (χ3v) is 4.60. The molecule has 0 spiro atoms. The van der Waals surface area contributed by atoms with E-state index >= 15 is 0 Å². The van der Waals surface area contributed by atoms with Crippen LogP contribution in [0.5, 0.6) is 0 Å². The average Bonchev–Trinajstić information content (AvgIpc) is 2.96. The maximum Gasteiger partial charge on any atom is 0.303 e. The molecule has 25 heavy (non-hydrogen) atoms. The number of allylic oxidation sites excluding steroid dienone is 1. The summed E-state index contributed by atoms with van der Waals surface area (Å²) in [4.78, 5) is 10.8. The molecular formula is C20H23N3O2. The molecule has 2 bridgehead atoms. The standard InChI is InChI=1S/C20H23N3O2/c1-14(2)10-17-18(11-16-6-7-19(17)23-16)20(12-21,13-22)8-4-5-9-25-15(3)24/h10-11,16-17,19,23H,6-9H2,1-3H3/t16-,17-,19?/m1/s1. The molecule has 5 heteroatoms. The Morgan fingerprint density at radius 1 is 1.32 bits per heavy atom. The van der Waals surface area contributed by atoms with Gasteiger partial charge in [0.05, 0.1) is 12.1 Å². The predicted molar refractivity (Wildman–Crippen MR) is 93.6 cm³/mol. The zero-order valence-electron chi connectivity index (χ0n) is 14.9. The molecule has 2 aliphatic rings. The lowest BCUT2D eigenvalue weighted by Crippen LogP contribution is -2.43. The van der Waals surface area contributed by atoms with Crippen molar-refractivity contribution in [2.45, 2.75) is 52.1 Å². The zero-order chi connectivity index (χ0) is 18.4. The minimum atomic E-state index is -1.28. The van der Waals surface area contributed by atoms with Crippen molar-refractivity contribution in [1.29, 1.82) is 10.5 Å². The zero-order valence-corrected chi connectivity index (χ0v) is 14.9. The number of hydrogen-bond acceptors (Lipinski definition) is 5. The second-order valence-corrected chi connectivity index (χ2v) is 6.79. The number of ether oxygens (including phenoxy) is 1. The molecule has 5 nitrogen and oxygen atoms in total. The summed E-state index contributed by atoms with van der Waals surface area (Å²) in [6, 6.07) is 4.90. The fraction of sp³-hybridized carbons (Fsp3) is 0.550. The molecule has 0 aromatic rings. The molecular weight excluding hydrogens is 314 g/mol. The molecule has 0 aliphatic carbocycles. The average molecular weight is 337 g/mol. The largest absolute Gasteiger partial charge is 0.453 e. The Kier molecular flexibility index (Phi) is 6.02. The fourth-order valence-corrected chi connectivity index (χ4v) is 3.47. The van der Waals surface area contributed by atoms with Crippen molar-refractivity contribution in [3.05, 3.63) is 23.3 Å². The van der Waals surface area contributed by atoms with Crippen molar-refractivity contribution < 1.29 is 9.53 Å². The minimum absolute atomic E-state index is 0.0223. The normalized spacial score (nSPS) is 24.0. The smallest absolute Gasteiger partial charge is 0.303 e. The van der Waals surface area contributed by atoms with Crippen LogP contribution in [0.3, 0.4) is 0 Å². The van der Waals surface area contributed by atoms with Gasteiger partial charge in [0.1, 0.15) is 0 Å². The Hall–Kier alpha value is -2.55. The summed E-state index contributed by atoms with van der Waals surface area (Å²) in [5.74, 6) is 5.20. The van der Waals surface area contributed by atoms with Gasteiger partial charge in [-0.15, -0.1) is 0 Å². The van der Waals surface area contributed by atoms with Crippen LogP contribution in [-0.4, -0.2) is 24.7 Å². The van der Waals surface area contributed by atoms with Gasteiger partial charge in [-0.3, -0.25) is 4.79 Å². The fourth-order valence-electron chi connectivity index (χ4n) is 3.47. The Labute approximate surface area is 149 Å². The maximum absolute atomic E-state index is 10.8. The van der Waals surface area contributed by atoms with Gasteiger partial charge in [0.25, 0.3) is 0 Å². The highest BCUT2D eigenvalue weighted by molar-refractivity contribution is 5.66. The summed E-state index contributed by atoms with van der Waals surface area (Å²) in [5.41, 5.74) is 0.739. The van der Waals surface area contributed by atoms with Gasteiger partial charge >= 0.3 is 5.97 Å². The molecule has 1 fully saturated rings. The third-order valence-electron chi connectivity index (χ3n) is 4.60. The van der Waals surface area contributed by atoms with Crippen molar-refractivity contribution in [1.82, 2.24) is 5.32 Å². The van der Waals surface area contributed by atoms with Crippen LogP contribution in [0.25, 0.3) is 0 Å². The lowest BCUT2D eigenvalue weighted by atomic mass is 9.70. The van der Waals surface area contributed by atoms with Crippen LogP contribution < -0.4 is 5.32 Å². The Balaban J connectivity index is 2.31. The molecule has 0 amide bonds. The second kappa shape index (κ2) is 8.02. The van der Waals surface area contributed by atoms with E-state index in [0.717, 1.165) is 24.0 Å². The lowest BCUT2D eigenvalue weighted by molar-refractivity contribution is -0.139. The maximum atomic E-state index is 10.8. The molecule has 0 saturated carbocycles. The van der Waals surface area contributed by atoms with Gasteiger partial charge in [0.2, 0.25) is 0 Å². The number of rotatable bonds is 4. The molecule has 2 heterocycles. The van der Waals surface area contributed by atoms with E-state index in [1.165, 1.54) is 6.92 Å². The molecule has 2 rings (SSSR count). The summed E-state index contributed by atoms with van der Waals surface area (Å²) in [7, 11) is 0. The van der Waals surface area contributed by atoms with E-state index in [2.05, 4.69) is 35.4 Å². The highest BCUT2D eigenvalue weighted by Crippen LogP contribution is 2.43. The van der Waals surface area contributed by atoms with E-state index in [-0.39, 0.29) is 31.0 Å². The Morgan fingerprint density at radius 3 is 2.64 bits per heavy atom. The highest BCUT2D eigenvalue weighted by Gasteiger charge is 2.45. The molecule has 130 valence electrons. The van der Waals surface area contributed by atoms with Gasteiger partial charge in [-0.1, -0.05) is 29.6 Å². The number of hydrogen-bond donors (Lipinski definition) is 1. The van der Waals surface area contributed by atoms with Crippen LogP contribution in [0, 0.1) is 45.8 Å². The van der Waals surface area contributed by atoms with Crippen LogP contribution in [0.15, 0.2) is 23.3 Å². The first kappa shape index (κ1) is 18.8. The van der Waals surface area contributed by atoms with Crippen LogP contribution >= 0.6 is 0 Å². The van der Waals surface area contributed by atoms with E-state index in [0.29, 0.717) is 0 Å². The first-order chi connectivity index (χ1) is 11.9. The minimum Gasteiger partial charge on any atom is -0.453 e. The van der Waals surface area contributed by atoms with E-state index in [9.17, 15) is 15.3 Å². The molecule has 1 saturated heterocycles. The molecule has 0 aromatic carbocycles. The summed E-state index contributed by atoms with van der Waals surface area (Å²) in [6.07, 6.45) is 6.35. The van der Waals surface area contributed by atoms with Crippen molar-refractivity contribution >= 4 is 5.97 Å². The van der Waals surface area contributed by atoms with E-state index in [1.54, 1.807) is 0 Å². The predicted octanol–water partition coefficient (Wildman–Crippen LogP) is 2.62. The SMILES string of the molecule is CC(=O)OCC#CCC(C#N)(C#N)C1=C[C@H]2CCC(N2)[C@@H]1C=C(C)C. The van der Waals surface area contributed by atoms with E-state index in [4.69, 9.17) is 4.74 Å². The molecule has 0 aromatic heterocycles. The third kappa shape index (κ3) is 4.30. The summed E-state index contributed by atoms with van der Waals surface area (Å²) >= 11 is 0. The molecule has 1 N–H and O–H groups in total. The summed E-state index contributed by atoms with van der Waals surface area (Å²) in [5, 5.41) is 23.2. The number of esters is 1. The van der Waals surface area contributed by atoms with Crippen molar-refractivity contribution in [2.75, 3.05) is 6.61 Å². The van der Waals surface area contributed by atoms with Gasteiger partial charge in [-0.2, -0.15) is 10.5 Å². The lowest BCUT2D eigenvalue weighted by Gasteiger charge is -2.34. The molecule has 0 radical (unpaired) electrons. The quantitative estimate of drug-likeness (QED) is 0.484. The summed E-state index contributed by atoms with van der Waals surface area (Å²) < 4.78 is 4.77. The molecule has 2 aliphatic heterocycles. The Morgan fingerprint density at radius 2 is 2.04 bits per heavy atom. The van der Waals surface area contributed by atoms with Crippen LogP contribution in [0.1, 0.15) is 40.0 Å². The first-order valence-corrected chi connectivity index (χ1v) is 8.46. The Bertz CT molecular complexity index is 722. The second-order valence-electron chi connectivity index (χ2n) is 6.79. The number of carbonyl (C=O) groups excluding carboxylic acids is 1. The van der Waals surface area contributed by atoms with Gasteiger partial charge in [-0.25, -0.2) is 0 Å². The van der Waals surface area contributed by atoms with Crippen LogP contribution in [0.2, 0.25) is 0 Å². The van der Waals surface area contributed by atoms with Crippen molar-refractivity contribution in [3.8, 4) is 24.0 Å². The molecule has 1 unspecified atom stereocenters. The monoisotopic (exact) mass is 337 g/mol. The van der Waals surface area contributed by atoms with Crippen LogP contribution in [0.4, 0.5) is 0 Å². The van der Waals surface area contributed by atoms with Gasteiger partial charge in [0, 0.05) is 31.3 Å². The highest BCUT2D eigenvalue weighted by atomic mass is 16.5.